The summed E-state index contributed by atoms with van der Waals surface area (Å²) in [5.41, 5.74) is 4.84. The smallest absolute Gasteiger partial charge is 0.310 e. The molecule has 0 bridgehead atoms. The first kappa shape index (κ1) is 16.4. The molecule has 0 aromatic rings. The van der Waals surface area contributed by atoms with E-state index in [0.717, 1.165) is 6.42 Å². The lowest BCUT2D eigenvalue weighted by molar-refractivity contribution is -0.149. The quantitative estimate of drug-likeness (QED) is 0.537. The van der Waals surface area contributed by atoms with E-state index in [0.29, 0.717) is 39.1 Å². The normalized spacial score (nSPS) is 14.5. The van der Waals surface area contributed by atoms with Crippen molar-refractivity contribution in [1.82, 2.24) is 0 Å². The summed E-state index contributed by atoms with van der Waals surface area (Å²) < 4.78 is 10.2. The molecular formula is C12H25NO4. The first-order chi connectivity index (χ1) is 8.13. The van der Waals surface area contributed by atoms with Gasteiger partial charge in [-0.15, -0.1) is 0 Å². The number of carboxylic acid groups (broad SMARTS) is 1. The molecule has 0 heterocycles. The van der Waals surface area contributed by atoms with Gasteiger partial charge in [-0.3, -0.25) is 4.79 Å². The Morgan fingerprint density at radius 3 is 2.47 bits per heavy atom. The minimum atomic E-state index is -0.793. The number of hydrogen-bond donors (Lipinski definition) is 2. The maximum atomic E-state index is 11.3. The molecule has 1 atom stereocenters. The Morgan fingerprint density at radius 2 is 2.00 bits per heavy atom. The van der Waals surface area contributed by atoms with Gasteiger partial charge in [0.05, 0.1) is 18.6 Å². The van der Waals surface area contributed by atoms with Gasteiger partial charge in [-0.2, -0.15) is 0 Å². The second-order valence-electron chi connectivity index (χ2n) is 4.25. The van der Waals surface area contributed by atoms with Gasteiger partial charge in [-0.25, -0.2) is 0 Å². The van der Waals surface area contributed by atoms with Crippen molar-refractivity contribution >= 4 is 5.97 Å². The number of rotatable bonds is 11. The van der Waals surface area contributed by atoms with E-state index in [2.05, 4.69) is 0 Å². The van der Waals surface area contributed by atoms with E-state index < -0.39 is 11.4 Å². The first-order valence-corrected chi connectivity index (χ1v) is 6.13. The summed E-state index contributed by atoms with van der Waals surface area (Å²) in [4.78, 5) is 11.3. The maximum Gasteiger partial charge on any atom is 0.310 e. The Hall–Kier alpha value is -0.650. The molecule has 0 saturated heterocycles. The van der Waals surface area contributed by atoms with E-state index in [4.69, 9.17) is 15.2 Å². The average molecular weight is 247 g/mol. The highest BCUT2D eigenvalue weighted by molar-refractivity contribution is 5.74. The summed E-state index contributed by atoms with van der Waals surface area (Å²) in [7, 11) is 1.62. The molecule has 0 amide bonds. The van der Waals surface area contributed by atoms with Gasteiger partial charge in [0.1, 0.15) is 0 Å². The number of hydrogen-bond acceptors (Lipinski definition) is 4. The molecule has 3 N–H and O–H groups in total. The summed E-state index contributed by atoms with van der Waals surface area (Å²) in [6.45, 7) is 3.84. The molecule has 17 heavy (non-hydrogen) atoms. The van der Waals surface area contributed by atoms with Gasteiger partial charge in [-0.1, -0.05) is 13.3 Å². The Labute approximate surface area is 103 Å². The number of carbonyl (C=O) groups is 1. The summed E-state index contributed by atoms with van der Waals surface area (Å²) >= 11 is 0. The number of carboxylic acids is 1. The van der Waals surface area contributed by atoms with Crippen LogP contribution in [0.4, 0.5) is 0 Å². The Balaban J connectivity index is 3.95. The van der Waals surface area contributed by atoms with Crippen molar-refractivity contribution in [3.63, 3.8) is 0 Å². The molecule has 0 saturated carbocycles. The van der Waals surface area contributed by atoms with Crippen molar-refractivity contribution in [1.29, 1.82) is 0 Å². The molecule has 0 rings (SSSR count). The van der Waals surface area contributed by atoms with Crippen molar-refractivity contribution in [3.8, 4) is 0 Å². The summed E-state index contributed by atoms with van der Waals surface area (Å²) in [6.07, 6.45) is 2.73. The van der Waals surface area contributed by atoms with Gasteiger partial charge in [0.15, 0.2) is 0 Å². The van der Waals surface area contributed by atoms with Crippen LogP contribution in [0.1, 0.15) is 32.6 Å². The van der Waals surface area contributed by atoms with Gasteiger partial charge in [0.25, 0.3) is 0 Å². The molecule has 1 unspecified atom stereocenters. The molecule has 5 heteroatoms. The van der Waals surface area contributed by atoms with Crippen molar-refractivity contribution in [2.24, 2.45) is 11.1 Å². The molecule has 0 aliphatic carbocycles. The number of aliphatic carboxylic acids is 1. The Bertz CT molecular complexity index is 211. The minimum absolute atomic E-state index is 0.189. The first-order valence-electron chi connectivity index (χ1n) is 6.13. The molecular weight excluding hydrogens is 222 g/mol. The third-order valence-corrected chi connectivity index (χ3v) is 2.95. The van der Waals surface area contributed by atoms with Crippen molar-refractivity contribution < 1.29 is 19.4 Å². The number of methoxy groups -OCH3 is 1. The van der Waals surface area contributed by atoms with Crippen LogP contribution in [0.15, 0.2) is 0 Å². The summed E-state index contributed by atoms with van der Waals surface area (Å²) in [5, 5.41) is 9.25. The molecule has 102 valence electrons. The number of ether oxygens (including phenoxy) is 2. The SMILES string of the molecule is CCCC(CN)(CCCOCCOC)C(=O)O. The minimum Gasteiger partial charge on any atom is -0.481 e. The zero-order valence-corrected chi connectivity index (χ0v) is 10.9. The van der Waals surface area contributed by atoms with E-state index in [1.54, 1.807) is 7.11 Å². The van der Waals surface area contributed by atoms with Gasteiger partial charge >= 0.3 is 5.97 Å². The second kappa shape index (κ2) is 9.39. The molecule has 0 aromatic carbocycles. The predicted octanol–water partition coefficient (Wildman–Crippen LogP) is 1.26. The lowest BCUT2D eigenvalue weighted by Crippen LogP contribution is -2.38. The monoisotopic (exact) mass is 247 g/mol. The molecule has 5 nitrogen and oxygen atoms in total. The van der Waals surface area contributed by atoms with Crippen LogP contribution in [-0.2, 0) is 14.3 Å². The Morgan fingerprint density at radius 1 is 1.29 bits per heavy atom. The van der Waals surface area contributed by atoms with E-state index in [1.807, 2.05) is 6.92 Å². The Kier molecular flexibility index (Phi) is 9.03. The van der Waals surface area contributed by atoms with E-state index >= 15 is 0 Å². The van der Waals surface area contributed by atoms with Crippen molar-refractivity contribution in [2.75, 3.05) is 33.5 Å². The lowest BCUT2D eigenvalue weighted by Gasteiger charge is -2.27. The third-order valence-electron chi connectivity index (χ3n) is 2.95. The van der Waals surface area contributed by atoms with Gasteiger partial charge < -0.3 is 20.3 Å². The van der Waals surface area contributed by atoms with Crippen LogP contribution in [0, 0.1) is 5.41 Å². The molecule has 0 spiro atoms. The summed E-state index contributed by atoms with van der Waals surface area (Å²) in [6, 6.07) is 0. The zero-order valence-electron chi connectivity index (χ0n) is 10.9. The largest absolute Gasteiger partial charge is 0.481 e. The van der Waals surface area contributed by atoms with Crippen molar-refractivity contribution in [2.45, 2.75) is 32.6 Å². The van der Waals surface area contributed by atoms with Crippen molar-refractivity contribution in [3.05, 3.63) is 0 Å². The highest BCUT2D eigenvalue weighted by Gasteiger charge is 2.35. The number of nitrogens with two attached hydrogens (primary N) is 1. The average Bonchev–Trinajstić information content (AvgIpc) is 2.31. The zero-order chi connectivity index (χ0) is 13.1. The van der Waals surface area contributed by atoms with E-state index in [9.17, 15) is 9.90 Å². The standard InChI is InChI=1S/C12H25NO4/c1-3-5-12(10-13,11(14)15)6-4-7-17-9-8-16-2/h3-10,13H2,1-2H3,(H,14,15). The molecule has 0 fully saturated rings. The highest BCUT2D eigenvalue weighted by Crippen LogP contribution is 2.29. The second-order valence-corrected chi connectivity index (χ2v) is 4.25. The van der Waals surface area contributed by atoms with Gasteiger partial charge in [0, 0.05) is 20.3 Å². The summed E-state index contributed by atoms with van der Waals surface area (Å²) in [5.74, 6) is -0.793. The lowest BCUT2D eigenvalue weighted by atomic mass is 9.79. The highest BCUT2D eigenvalue weighted by atomic mass is 16.5. The topological polar surface area (TPSA) is 81.8 Å². The van der Waals surface area contributed by atoms with Gasteiger partial charge in [-0.05, 0) is 19.3 Å². The molecule has 0 aliphatic rings. The van der Waals surface area contributed by atoms with E-state index in [1.165, 1.54) is 0 Å². The van der Waals surface area contributed by atoms with Crippen LogP contribution in [0.25, 0.3) is 0 Å². The van der Waals surface area contributed by atoms with Crippen LogP contribution >= 0.6 is 0 Å². The van der Waals surface area contributed by atoms with E-state index in [-0.39, 0.29) is 6.54 Å². The maximum absolute atomic E-state index is 11.3. The van der Waals surface area contributed by atoms with Crippen LogP contribution in [-0.4, -0.2) is 44.6 Å². The predicted molar refractivity (Wildman–Crippen MR) is 66.0 cm³/mol. The molecule has 0 radical (unpaired) electrons. The fraction of sp³-hybridized carbons (Fsp3) is 0.917. The van der Waals surface area contributed by atoms with Crippen LogP contribution in [0.2, 0.25) is 0 Å². The molecule has 0 aromatic heterocycles. The van der Waals surface area contributed by atoms with Crippen LogP contribution in [0.5, 0.6) is 0 Å². The van der Waals surface area contributed by atoms with Crippen LogP contribution < -0.4 is 5.73 Å². The van der Waals surface area contributed by atoms with Gasteiger partial charge in [0.2, 0.25) is 0 Å². The fourth-order valence-corrected chi connectivity index (χ4v) is 1.87. The fourth-order valence-electron chi connectivity index (χ4n) is 1.87. The van der Waals surface area contributed by atoms with Crippen LogP contribution in [0.3, 0.4) is 0 Å². The molecule has 0 aliphatic heterocycles. The third kappa shape index (κ3) is 6.00.